The van der Waals surface area contributed by atoms with E-state index in [1.165, 1.54) is 25.3 Å². The predicted molar refractivity (Wildman–Crippen MR) is 59.6 cm³/mol. The summed E-state index contributed by atoms with van der Waals surface area (Å²) in [6.45, 7) is 0.524. The van der Waals surface area contributed by atoms with Gasteiger partial charge in [-0.15, -0.1) is 0 Å². The van der Waals surface area contributed by atoms with E-state index in [0.29, 0.717) is 6.61 Å². The summed E-state index contributed by atoms with van der Waals surface area (Å²) in [7, 11) is 1.50. The maximum absolute atomic E-state index is 12.8. The molecule has 0 aromatic heterocycles. The van der Waals surface area contributed by atoms with Gasteiger partial charge in [0.05, 0.1) is 6.61 Å². The van der Waals surface area contributed by atoms with Gasteiger partial charge in [-0.1, -0.05) is 18.2 Å². The molecule has 96 valence electrons. The van der Waals surface area contributed by atoms with E-state index in [1.807, 2.05) is 0 Å². The molecule has 0 bridgehead atoms. The van der Waals surface area contributed by atoms with E-state index in [0.717, 1.165) is 0 Å². The molecule has 0 fully saturated rings. The monoisotopic (exact) mass is 266 g/mol. The Kier molecular flexibility index (Phi) is 5.11. The fourth-order valence-electron chi connectivity index (χ4n) is 1.25. The van der Waals surface area contributed by atoms with E-state index in [2.05, 4.69) is 0 Å². The van der Waals surface area contributed by atoms with Crippen LogP contribution in [0.5, 0.6) is 5.75 Å². The molecule has 1 rings (SSSR count). The van der Waals surface area contributed by atoms with Gasteiger partial charge in [-0.25, -0.2) is 0 Å². The second-order valence-electron chi connectivity index (χ2n) is 3.32. The number of rotatable bonds is 6. The number of hydrogen-bond donors (Lipinski definition) is 1. The molecule has 6 heteroatoms. The van der Waals surface area contributed by atoms with Crippen LogP contribution in [0.2, 0.25) is 0 Å². The first-order chi connectivity index (χ1) is 7.96. The summed E-state index contributed by atoms with van der Waals surface area (Å²) in [4.78, 5) is 0. The molecule has 17 heavy (non-hydrogen) atoms. The molecule has 1 aromatic carbocycles. The van der Waals surface area contributed by atoms with Gasteiger partial charge in [0.2, 0.25) is 0 Å². The molecular formula is C11H13ClF2O3. The number of para-hydroxylation sites is 1. The number of aliphatic hydroxyl groups excluding tert-OH is 1. The van der Waals surface area contributed by atoms with Crippen LogP contribution in [0.15, 0.2) is 24.3 Å². The fraction of sp³-hybridized carbons (Fsp3) is 0.455. The molecule has 0 aliphatic carbocycles. The van der Waals surface area contributed by atoms with Crippen LogP contribution in [0.3, 0.4) is 0 Å². The number of ether oxygens (including phenoxy) is 2. The molecule has 0 aliphatic rings. The van der Waals surface area contributed by atoms with Crippen LogP contribution in [0.1, 0.15) is 11.7 Å². The highest BCUT2D eigenvalue weighted by Crippen LogP contribution is 2.38. The second kappa shape index (κ2) is 6.14. The molecule has 1 unspecified atom stereocenters. The minimum Gasteiger partial charge on any atom is -0.491 e. The Morgan fingerprint density at radius 2 is 2.00 bits per heavy atom. The third kappa shape index (κ3) is 4.11. The highest BCUT2D eigenvalue weighted by atomic mass is 35.5. The van der Waals surface area contributed by atoms with Crippen molar-refractivity contribution in [1.82, 2.24) is 0 Å². The van der Waals surface area contributed by atoms with Crippen molar-refractivity contribution in [2.75, 3.05) is 20.3 Å². The van der Waals surface area contributed by atoms with Gasteiger partial charge in [-0.2, -0.15) is 8.78 Å². The maximum Gasteiger partial charge on any atom is 0.351 e. The zero-order valence-electron chi connectivity index (χ0n) is 9.20. The Morgan fingerprint density at radius 1 is 1.35 bits per heavy atom. The Balaban J connectivity index is 2.84. The third-order valence-corrected chi connectivity index (χ3v) is 2.28. The Labute approximate surface area is 103 Å². The summed E-state index contributed by atoms with van der Waals surface area (Å²) >= 11 is 4.79. The Hall–Kier alpha value is -0.910. The SMILES string of the molecule is COCCOc1ccccc1C(O)C(F)(F)Cl. The van der Waals surface area contributed by atoms with Crippen LogP contribution in [-0.2, 0) is 4.74 Å². The van der Waals surface area contributed by atoms with E-state index >= 15 is 0 Å². The summed E-state index contributed by atoms with van der Waals surface area (Å²) < 4.78 is 35.6. The van der Waals surface area contributed by atoms with Crippen molar-refractivity contribution < 1.29 is 23.4 Å². The molecule has 3 nitrogen and oxygen atoms in total. The summed E-state index contributed by atoms with van der Waals surface area (Å²) in [5.41, 5.74) is -0.0522. The lowest BCUT2D eigenvalue weighted by molar-refractivity contribution is -0.0437. The van der Waals surface area contributed by atoms with Gasteiger partial charge in [0.1, 0.15) is 12.4 Å². The third-order valence-electron chi connectivity index (χ3n) is 2.07. The zero-order valence-corrected chi connectivity index (χ0v) is 9.95. The molecular weight excluding hydrogens is 254 g/mol. The summed E-state index contributed by atoms with van der Waals surface area (Å²) in [5.74, 6) is 0.164. The number of hydrogen-bond acceptors (Lipinski definition) is 3. The van der Waals surface area contributed by atoms with Gasteiger partial charge >= 0.3 is 5.38 Å². The first-order valence-corrected chi connectivity index (χ1v) is 5.30. The molecule has 0 saturated heterocycles. The highest BCUT2D eigenvalue weighted by Gasteiger charge is 2.38. The second-order valence-corrected chi connectivity index (χ2v) is 3.83. The van der Waals surface area contributed by atoms with Gasteiger partial charge in [0.15, 0.2) is 6.10 Å². The van der Waals surface area contributed by atoms with E-state index in [-0.39, 0.29) is 17.9 Å². The van der Waals surface area contributed by atoms with Crippen molar-refractivity contribution in [3.63, 3.8) is 0 Å². The average molecular weight is 267 g/mol. The summed E-state index contributed by atoms with van der Waals surface area (Å²) in [6, 6.07) is 5.95. The van der Waals surface area contributed by atoms with Crippen LogP contribution in [0.4, 0.5) is 8.78 Å². The lowest BCUT2D eigenvalue weighted by Gasteiger charge is -2.19. The average Bonchev–Trinajstić information content (AvgIpc) is 2.28. The van der Waals surface area contributed by atoms with Gasteiger partial charge in [-0.05, 0) is 17.7 Å². The summed E-state index contributed by atoms with van der Waals surface area (Å²) in [5, 5.41) is 5.67. The molecule has 1 atom stereocenters. The number of methoxy groups -OCH3 is 1. The molecule has 0 heterocycles. The standard InChI is InChI=1S/C11H13ClF2O3/c1-16-6-7-17-9-5-3-2-4-8(9)10(15)11(12,13)14/h2-5,10,15H,6-7H2,1H3. The van der Waals surface area contributed by atoms with Crippen molar-refractivity contribution in [3.8, 4) is 5.75 Å². The molecule has 0 saturated carbocycles. The van der Waals surface area contributed by atoms with Crippen molar-refractivity contribution in [1.29, 1.82) is 0 Å². The summed E-state index contributed by atoms with van der Waals surface area (Å²) in [6.07, 6.45) is -2.11. The van der Waals surface area contributed by atoms with Crippen molar-refractivity contribution in [2.24, 2.45) is 0 Å². The van der Waals surface area contributed by atoms with Gasteiger partial charge in [0, 0.05) is 12.7 Å². The number of benzene rings is 1. The van der Waals surface area contributed by atoms with Crippen molar-refractivity contribution in [3.05, 3.63) is 29.8 Å². The van der Waals surface area contributed by atoms with Crippen molar-refractivity contribution >= 4 is 11.6 Å². The van der Waals surface area contributed by atoms with Gasteiger partial charge in [0.25, 0.3) is 0 Å². The first kappa shape index (κ1) is 14.2. The fourth-order valence-corrected chi connectivity index (χ4v) is 1.37. The van der Waals surface area contributed by atoms with E-state index in [4.69, 9.17) is 21.1 Å². The van der Waals surface area contributed by atoms with E-state index < -0.39 is 11.5 Å². The normalized spacial score (nSPS) is 13.5. The molecule has 0 radical (unpaired) electrons. The van der Waals surface area contributed by atoms with Crippen LogP contribution in [-0.4, -0.2) is 30.8 Å². The lowest BCUT2D eigenvalue weighted by atomic mass is 10.1. The first-order valence-electron chi connectivity index (χ1n) is 4.92. The van der Waals surface area contributed by atoms with Crippen LogP contribution >= 0.6 is 11.6 Å². The molecule has 0 spiro atoms. The Bertz CT molecular complexity index is 355. The van der Waals surface area contributed by atoms with Crippen LogP contribution in [0.25, 0.3) is 0 Å². The van der Waals surface area contributed by atoms with E-state index in [1.54, 1.807) is 6.07 Å². The largest absolute Gasteiger partial charge is 0.491 e. The number of alkyl halides is 3. The highest BCUT2D eigenvalue weighted by molar-refractivity contribution is 6.22. The molecule has 0 aliphatic heterocycles. The maximum atomic E-state index is 12.8. The van der Waals surface area contributed by atoms with Crippen LogP contribution in [0, 0.1) is 0 Å². The molecule has 0 amide bonds. The topological polar surface area (TPSA) is 38.7 Å². The quantitative estimate of drug-likeness (QED) is 0.635. The van der Waals surface area contributed by atoms with Gasteiger partial charge in [-0.3, -0.25) is 0 Å². The number of halogens is 3. The number of aliphatic hydroxyl groups is 1. The minimum atomic E-state index is -3.74. The minimum absolute atomic E-state index is 0.0522. The predicted octanol–water partition coefficient (Wildman–Crippen LogP) is 2.58. The van der Waals surface area contributed by atoms with Gasteiger partial charge < -0.3 is 14.6 Å². The van der Waals surface area contributed by atoms with Crippen molar-refractivity contribution in [2.45, 2.75) is 11.5 Å². The smallest absolute Gasteiger partial charge is 0.351 e. The zero-order chi connectivity index (χ0) is 12.9. The Morgan fingerprint density at radius 3 is 2.59 bits per heavy atom. The molecule has 1 N–H and O–H groups in total. The van der Waals surface area contributed by atoms with Crippen LogP contribution < -0.4 is 4.74 Å². The van der Waals surface area contributed by atoms with E-state index in [9.17, 15) is 13.9 Å². The molecule has 1 aromatic rings. The lowest BCUT2D eigenvalue weighted by Crippen LogP contribution is -2.20.